The predicted molar refractivity (Wildman–Crippen MR) is 114 cm³/mol. The van der Waals surface area contributed by atoms with E-state index in [1.54, 1.807) is 25.3 Å². The van der Waals surface area contributed by atoms with Gasteiger partial charge in [-0.15, -0.1) is 0 Å². The van der Waals surface area contributed by atoms with Gasteiger partial charge in [0.2, 0.25) is 11.9 Å². The molecule has 1 N–H and O–H groups in total. The lowest BCUT2D eigenvalue weighted by atomic mass is 10.2. The molecule has 1 aliphatic rings. The largest absolute Gasteiger partial charge is 0.495 e. The lowest BCUT2D eigenvalue weighted by Gasteiger charge is -2.37. The van der Waals surface area contributed by atoms with Crippen LogP contribution < -0.4 is 15.0 Å². The van der Waals surface area contributed by atoms with Crippen molar-refractivity contribution in [3.05, 3.63) is 52.5 Å². The summed E-state index contributed by atoms with van der Waals surface area (Å²) in [5.74, 6) is 1.16. The molecule has 0 radical (unpaired) electrons. The molecule has 1 fully saturated rings. The number of carbonyl (C=O) groups is 1. The van der Waals surface area contributed by atoms with Gasteiger partial charge in [-0.2, -0.15) is 0 Å². The number of nitrogens with one attached hydrogen (secondary N) is 1. The van der Waals surface area contributed by atoms with Crippen molar-refractivity contribution in [2.45, 2.75) is 6.92 Å². The van der Waals surface area contributed by atoms with Crippen molar-refractivity contribution >= 4 is 46.4 Å². The molecule has 0 aromatic heterocycles. The van der Waals surface area contributed by atoms with Crippen LogP contribution >= 0.6 is 23.2 Å². The Hall–Kier alpha value is -2.44. The van der Waals surface area contributed by atoms with Crippen LogP contribution in [-0.4, -0.2) is 50.1 Å². The van der Waals surface area contributed by atoms with E-state index in [2.05, 4.69) is 15.2 Å². The Labute approximate surface area is 174 Å². The maximum atomic E-state index is 11.7. The van der Waals surface area contributed by atoms with E-state index in [0.29, 0.717) is 34.8 Å². The number of amides is 1. The number of guanidine groups is 1. The maximum absolute atomic E-state index is 11.7. The van der Waals surface area contributed by atoms with Crippen LogP contribution in [0.3, 0.4) is 0 Å². The van der Waals surface area contributed by atoms with E-state index < -0.39 is 0 Å². The van der Waals surface area contributed by atoms with E-state index in [-0.39, 0.29) is 5.91 Å². The lowest BCUT2D eigenvalue weighted by Crippen LogP contribution is -2.53. The molecule has 0 unspecified atom stereocenters. The van der Waals surface area contributed by atoms with Crippen LogP contribution in [0.15, 0.2) is 47.5 Å². The number of hydrogen-bond donors (Lipinski definition) is 1. The number of ether oxygens (including phenoxy) is 1. The zero-order valence-corrected chi connectivity index (χ0v) is 17.3. The normalized spacial score (nSPS) is 14.8. The minimum Gasteiger partial charge on any atom is -0.495 e. The van der Waals surface area contributed by atoms with E-state index in [0.717, 1.165) is 24.5 Å². The van der Waals surface area contributed by atoms with Crippen molar-refractivity contribution in [1.29, 1.82) is 0 Å². The van der Waals surface area contributed by atoms with Crippen molar-refractivity contribution in [2.75, 3.05) is 38.2 Å². The zero-order chi connectivity index (χ0) is 20.1. The summed E-state index contributed by atoms with van der Waals surface area (Å²) in [6.45, 7) is 4.41. The van der Waals surface area contributed by atoms with E-state index in [1.165, 1.54) is 6.92 Å². The molecule has 1 aliphatic heterocycles. The van der Waals surface area contributed by atoms with E-state index in [4.69, 9.17) is 27.9 Å². The molecule has 6 nitrogen and oxygen atoms in total. The highest BCUT2D eigenvalue weighted by Gasteiger charge is 2.22. The lowest BCUT2D eigenvalue weighted by molar-refractivity contribution is -0.117. The summed E-state index contributed by atoms with van der Waals surface area (Å²) in [4.78, 5) is 20.6. The van der Waals surface area contributed by atoms with Crippen molar-refractivity contribution in [2.24, 2.45) is 4.99 Å². The molecule has 2 aromatic rings. The Balaban J connectivity index is 1.78. The summed E-state index contributed by atoms with van der Waals surface area (Å²) in [5, 5.41) is 3.81. The summed E-state index contributed by atoms with van der Waals surface area (Å²) in [6.07, 6.45) is 0. The average Bonchev–Trinajstić information content (AvgIpc) is 2.66. The molecule has 0 atom stereocenters. The van der Waals surface area contributed by atoms with Crippen LogP contribution in [0.1, 0.15) is 6.92 Å². The average molecular weight is 421 g/mol. The monoisotopic (exact) mass is 420 g/mol. The Morgan fingerprint density at radius 3 is 2.32 bits per heavy atom. The van der Waals surface area contributed by atoms with Crippen LogP contribution in [0.5, 0.6) is 5.75 Å². The van der Waals surface area contributed by atoms with Crippen LogP contribution in [0.25, 0.3) is 0 Å². The summed E-state index contributed by atoms with van der Waals surface area (Å²) in [6, 6.07) is 13.0. The SMILES string of the molecule is COc1ccccc1N1CCN(C(=Nc2cc(Cl)cc(Cl)c2)NC(C)=O)CC1. The molecular weight excluding hydrogens is 399 g/mol. The first-order valence-corrected chi connectivity index (χ1v) is 9.67. The molecule has 0 saturated carbocycles. The minimum absolute atomic E-state index is 0.181. The van der Waals surface area contributed by atoms with Gasteiger partial charge in [-0.25, -0.2) is 4.99 Å². The van der Waals surface area contributed by atoms with Gasteiger partial charge in [0.15, 0.2) is 0 Å². The number of carbonyl (C=O) groups excluding carboxylic acids is 1. The van der Waals surface area contributed by atoms with Gasteiger partial charge < -0.3 is 14.5 Å². The van der Waals surface area contributed by atoms with Gasteiger partial charge in [0.25, 0.3) is 0 Å². The van der Waals surface area contributed by atoms with E-state index in [9.17, 15) is 4.79 Å². The van der Waals surface area contributed by atoms with Gasteiger partial charge in [-0.1, -0.05) is 35.3 Å². The van der Waals surface area contributed by atoms with Gasteiger partial charge >= 0.3 is 0 Å². The fourth-order valence-electron chi connectivity index (χ4n) is 3.11. The molecule has 2 aromatic carbocycles. The molecule has 148 valence electrons. The number of halogens is 2. The van der Waals surface area contributed by atoms with Gasteiger partial charge in [0.05, 0.1) is 18.5 Å². The number of anilines is 1. The van der Waals surface area contributed by atoms with E-state index >= 15 is 0 Å². The molecule has 8 heteroatoms. The first kappa shape index (κ1) is 20.3. The number of piperazine rings is 1. The molecule has 3 rings (SSSR count). The molecule has 1 saturated heterocycles. The second-order valence-electron chi connectivity index (χ2n) is 6.39. The third kappa shape index (κ3) is 5.09. The van der Waals surface area contributed by atoms with Crippen molar-refractivity contribution < 1.29 is 9.53 Å². The summed E-state index contributed by atoms with van der Waals surface area (Å²) < 4.78 is 5.47. The number of methoxy groups -OCH3 is 1. The van der Waals surface area contributed by atoms with Crippen LogP contribution in [0, 0.1) is 0 Å². The summed E-state index contributed by atoms with van der Waals surface area (Å²) in [5.41, 5.74) is 1.65. The summed E-state index contributed by atoms with van der Waals surface area (Å²) >= 11 is 12.1. The number of nitrogens with zero attached hydrogens (tertiary/aromatic N) is 3. The maximum Gasteiger partial charge on any atom is 0.223 e. The molecule has 1 heterocycles. The molecular formula is C20H22Cl2N4O2. The van der Waals surface area contributed by atoms with Crippen molar-refractivity contribution in [3.8, 4) is 5.75 Å². The smallest absolute Gasteiger partial charge is 0.223 e. The predicted octanol–water partition coefficient (Wildman–Crippen LogP) is 3.95. The molecule has 0 bridgehead atoms. The molecule has 1 amide bonds. The number of rotatable bonds is 3. The second kappa shape index (κ2) is 9.17. The van der Waals surface area contributed by atoms with Crippen molar-refractivity contribution in [1.82, 2.24) is 10.2 Å². The van der Waals surface area contributed by atoms with E-state index in [1.807, 2.05) is 29.2 Å². The first-order chi connectivity index (χ1) is 13.5. The number of aliphatic imine (C=N–C) groups is 1. The number of benzene rings is 2. The first-order valence-electron chi connectivity index (χ1n) is 8.91. The van der Waals surface area contributed by atoms with Crippen molar-refractivity contribution in [3.63, 3.8) is 0 Å². The zero-order valence-electron chi connectivity index (χ0n) is 15.8. The quantitative estimate of drug-likeness (QED) is 0.603. The standard InChI is InChI=1S/C20H22Cl2N4O2/c1-14(27)23-20(24-17-12-15(21)11-16(22)13-17)26-9-7-25(8-10-26)18-5-3-4-6-19(18)28-2/h3-6,11-13H,7-10H2,1-2H3,(H,23,24,27). The van der Waals surface area contributed by atoms with Crippen LogP contribution in [0.2, 0.25) is 10.0 Å². The molecule has 0 aliphatic carbocycles. The van der Waals surface area contributed by atoms with Gasteiger partial charge in [-0.3, -0.25) is 10.1 Å². The highest BCUT2D eigenvalue weighted by Crippen LogP contribution is 2.29. The Kier molecular flexibility index (Phi) is 6.65. The number of para-hydroxylation sites is 2. The van der Waals surface area contributed by atoms with Gasteiger partial charge in [0, 0.05) is 43.1 Å². The van der Waals surface area contributed by atoms with Gasteiger partial charge in [0.1, 0.15) is 5.75 Å². The number of hydrogen-bond acceptors (Lipinski definition) is 4. The topological polar surface area (TPSA) is 57.2 Å². The Bertz CT molecular complexity index is 860. The fraction of sp³-hybridized carbons (Fsp3) is 0.300. The van der Waals surface area contributed by atoms with Crippen LogP contribution in [-0.2, 0) is 4.79 Å². The second-order valence-corrected chi connectivity index (χ2v) is 7.26. The fourth-order valence-corrected chi connectivity index (χ4v) is 3.63. The minimum atomic E-state index is -0.181. The van der Waals surface area contributed by atoms with Crippen LogP contribution in [0.4, 0.5) is 11.4 Å². The Morgan fingerprint density at radius 1 is 1.07 bits per heavy atom. The third-order valence-electron chi connectivity index (χ3n) is 4.38. The Morgan fingerprint density at radius 2 is 1.71 bits per heavy atom. The highest BCUT2D eigenvalue weighted by atomic mass is 35.5. The highest BCUT2D eigenvalue weighted by molar-refractivity contribution is 6.35. The third-order valence-corrected chi connectivity index (χ3v) is 4.81. The summed E-state index contributed by atoms with van der Waals surface area (Å²) in [7, 11) is 1.67. The van der Waals surface area contributed by atoms with Gasteiger partial charge in [-0.05, 0) is 30.3 Å². The molecule has 0 spiro atoms. The molecule has 28 heavy (non-hydrogen) atoms.